The maximum Gasteiger partial charge on any atom is 0.0647 e. The average Bonchev–Trinajstić information content (AvgIpc) is 2.03. The Balaban J connectivity index is 2.25. The molecule has 0 radical (unpaired) electrons. The van der Waals surface area contributed by atoms with E-state index in [0.29, 0.717) is 0 Å². The Morgan fingerprint density at radius 1 is 1.18 bits per heavy atom. The van der Waals surface area contributed by atoms with Gasteiger partial charge in [0, 0.05) is 0 Å². The molecule has 1 rings (SSSR count). The number of hydrogen-bond acceptors (Lipinski definition) is 1. The standard InChI is InChI=1S/C10H20O/c1-2-3-7-10(11)8-5-4-6-9-10/h11H,2-9H2,1H3. The summed E-state index contributed by atoms with van der Waals surface area (Å²) in [6.45, 7) is 2.19. The molecule has 0 amide bonds. The summed E-state index contributed by atoms with van der Waals surface area (Å²) in [6, 6.07) is 0. The first-order valence-electron chi connectivity index (χ1n) is 4.99. The van der Waals surface area contributed by atoms with Gasteiger partial charge in [0.2, 0.25) is 0 Å². The molecule has 1 fully saturated rings. The first kappa shape index (κ1) is 9.05. The highest BCUT2D eigenvalue weighted by Gasteiger charge is 2.27. The van der Waals surface area contributed by atoms with E-state index >= 15 is 0 Å². The van der Waals surface area contributed by atoms with E-state index in [0.717, 1.165) is 19.3 Å². The van der Waals surface area contributed by atoms with Crippen LogP contribution in [0.25, 0.3) is 0 Å². The van der Waals surface area contributed by atoms with Gasteiger partial charge in [0.05, 0.1) is 5.60 Å². The fraction of sp³-hybridized carbons (Fsp3) is 1.00. The van der Waals surface area contributed by atoms with Gasteiger partial charge >= 0.3 is 0 Å². The molecule has 0 aromatic heterocycles. The lowest BCUT2D eigenvalue weighted by atomic mass is 9.81. The highest BCUT2D eigenvalue weighted by Crippen LogP contribution is 2.31. The quantitative estimate of drug-likeness (QED) is 0.666. The van der Waals surface area contributed by atoms with Crippen molar-refractivity contribution >= 4 is 0 Å². The summed E-state index contributed by atoms with van der Waals surface area (Å²) < 4.78 is 0. The second kappa shape index (κ2) is 4.10. The molecule has 1 heteroatoms. The van der Waals surface area contributed by atoms with Gasteiger partial charge in [-0.2, -0.15) is 0 Å². The van der Waals surface area contributed by atoms with Crippen molar-refractivity contribution < 1.29 is 5.11 Å². The van der Waals surface area contributed by atoms with E-state index in [1.54, 1.807) is 0 Å². The van der Waals surface area contributed by atoms with E-state index < -0.39 is 0 Å². The lowest BCUT2D eigenvalue weighted by molar-refractivity contribution is -0.00549. The summed E-state index contributed by atoms with van der Waals surface area (Å²) in [5, 5.41) is 10.0. The molecule has 1 aliphatic rings. The molecule has 1 nitrogen and oxygen atoms in total. The molecule has 1 aliphatic carbocycles. The van der Waals surface area contributed by atoms with Crippen LogP contribution in [0.2, 0.25) is 0 Å². The minimum absolute atomic E-state index is 0.270. The van der Waals surface area contributed by atoms with Crippen molar-refractivity contribution in [3.05, 3.63) is 0 Å². The fourth-order valence-electron chi connectivity index (χ4n) is 1.97. The maximum absolute atomic E-state index is 10.0. The lowest BCUT2D eigenvalue weighted by Crippen LogP contribution is -2.30. The van der Waals surface area contributed by atoms with Crippen molar-refractivity contribution in [3.63, 3.8) is 0 Å². The first-order chi connectivity index (χ1) is 5.27. The van der Waals surface area contributed by atoms with Gasteiger partial charge in [-0.05, 0) is 19.3 Å². The van der Waals surface area contributed by atoms with Gasteiger partial charge in [0.15, 0.2) is 0 Å². The Hall–Kier alpha value is -0.0400. The molecule has 1 N–H and O–H groups in total. The number of hydrogen-bond donors (Lipinski definition) is 1. The zero-order chi connectivity index (χ0) is 8.16. The summed E-state index contributed by atoms with van der Waals surface area (Å²) in [7, 11) is 0. The predicted octanol–water partition coefficient (Wildman–Crippen LogP) is 2.87. The van der Waals surface area contributed by atoms with Crippen LogP contribution in [0.1, 0.15) is 58.3 Å². The Morgan fingerprint density at radius 2 is 1.82 bits per heavy atom. The second-order valence-electron chi connectivity index (χ2n) is 3.89. The number of unbranched alkanes of at least 4 members (excludes halogenated alkanes) is 1. The van der Waals surface area contributed by atoms with E-state index in [1.807, 2.05) is 0 Å². The largest absolute Gasteiger partial charge is 0.390 e. The topological polar surface area (TPSA) is 20.2 Å². The van der Waals surface area contributed by atoms with E-state index in [-0.39, 0.29) is 5.60 Å². The highest BCUT2D eigenvalue weighted by molar-refractivity contribution is 4.81. The third kappa shape index (κ3) is 2.82. The summed E-state index contributed by atoms with van der Waals surface area (Å²) in [5.74, 6) is 0. The Labute approximate surface area is 69.8 Å². The normalized spacial score (nSPS) is 23.5. The van der Waals surface area contributed by atoms with Crippen LogP contribution in [-0.4, -0.2) is 10.7 Å². The Morgan fingerprint density at radius 3 is 2.36 bits per heavy atom. The van der Waals surface area contributed by atoms with Gasteiger partial charge in [-0.25, -0.2) is 0 Å². The van der Waals surface area contributed by atoms with Crippen LogP contribution in [-0.2, 0) is 0 Å². The highest BCUT2D eigenvalue weighted by atomic mass is 16.3. The van der Waals surface area contributed by atoms with Gasteiger partial charge < -0.3 is 5.11 Å². The van der Waals surface area contributed by atoms with Crippen LogP contribution in [0.15, 0.2) is 0 Å². The smallest absolute Gasteiger partial charge is 0.0647 e. The molecule has 0 heterocycles. The number of aliphatic hydroxyl groups is 1. The molecule has 0 bridgehead atoms. The molecule has 0 aromatic carbocycles. The van der Waals surface area contributed by atoms with Gasteiger partial charge in [-0.15, -0.1) is 0 Å². The molecule has 66 valence electrons. The van der Waals surface area contributed by atoms with E-state index in [2.05, 4.69) is 6.92 Å². The van der Waals surface area contributed by atoms with Crippen LogP contribution >= 0.6 is 0 Å². The van der Waals surface area contributed by atoms with Crippen molar-refractivity contribution in [3.8, 4) is 0 Å². The molecule has 0 aliphatic heterocycles. The van der Waals surface area contributed by atoms with Crippen LogP contribution in [0.4, 0.5) is 0 Å². The van der Waals surface area contributed by atoms with Crippen molar-refractivity contribution in [1.29, 1.82) is 0 Å². The monoisotopic (exact) mass is 156 g/mol. The molecule has 0 unspecified atom stereocenters. The van der Waals surface area contributed by atoms with E-state index in [1.165, 1.54) is 32.1 Å². The summed E-state index contributed by atoms with van der Waals surface area (Å²) in [5.41, 5.74) is -0.270. The Kier molecular flexibility index (Phi) is 3.38. The van der Waals surface area contributed by atoms with Crippen molar-refractivity contribution in [1.82, 2.24) is 0 Å². The second-order valence-corrected chi connectivity index (χ2v) is 3.89. The van der Waals surface area contributed by atoms with Crippen molar-refractivity contribution in [2.45, 2.75) is 63.9 Å². The third-order valence-corrected chi connectivity index (χ3v) is 2.78. The minimum Gasteiger partial charge on any atom is -0.390 e. The lowest BCUT2D eigenvalue weighted by Gasteiger charge is -2.31. The Bertz CT molecular complexity index is 103. The van der Waals surface area contributed by atoms with Gasteiger partial charge in [0.25, 0.3) is 0 Å². The molecule has 0 spiro atoms. The zero-order valence-electron chi connectivity index (χ0n) is 7.60. The van der Waals surface area contributed by atoms with Gasteiger partial charge in [-0.1, -0.05) is 39.0 Å². The SMILES string of the molecule is CCCCC1(O)CCCCC1. The van der Waals surface area contributed by atoms with E-state index in [4.69, 9.17) is 0 Å². The molecule has 0 aromatic rings. The van der Waals surface area contributed by atoms with Crippen LogP contribution < -0.4 is 0 Å². The molecule has 1 saturated carbocycles. The van der Waals surface area contributed by atoms with E-state index in [9.17, 15) is 5.11 Å². The van der Waals surface area contributed by atoms with Gasteiger partial charge in [-0.3, -0.25) is 0 Å². The van der Waals surface area contributed by atoms with Crippen LogP contribution in [0.3, 0.4) is 0 Å². The summed E-state index contributed by atoms with van der Waals surface area (Å²) >= 11 is 0. The zero-order valence-corrected chi connectivity index (χ0v) is 7.60. The fourth-order valence-corrected chi connectivity index (χ4v) is 1.97. The molecule has 0 saturated heterocycles. The van der Waals surface area contributed by atoms with Gasteiger partial charge in [0.1, 0.15) is 0 Å². The average molecular weight is 156 g/mol. The summed E-state index contributed by atoms with van der Waals surface area (Å²) in [6.07, 6.45) is 9.33. The predicted molar refractivity (Wildman–Crippen MR) is 47.6 cm³/mol. The molecular formula is C10H20O. The van der Waals surface area contributed by atoms with Crippen molar-refractivity contribution in [2.75, 3.05) is 0 Å². The molecule has 11 heavy (non-hydrogen) atoms. The van der Waals surface area contributed by atoms with Crippen LogP contribution in [0.5, 0.6) is 0 Å². The third-order valence-electron chi connectivity index (χ3n) is 2.78. The maximum atomic E-state index is 10.0. The van der Waals surface area contributed by atoms with Crippen LogP contribution in [0, 0.1) is 0 Å². The minimum atomic E-state index is -0.270. The molecular weight excluding hydrogens is 136 g/mol. The summed E-state index contributed by atoms with van der Waals surface area (Å²) in [4.78, 5) is 0. The first-order valence-corrected chi connectivity index (χ1v) is 4.99. The van der Waals surface area contributed by atoms with Crippen molar-refractivity contribution in [2.24, 2.45) is 0 Å². The molecule has 0 atom stereocenters. The number of rotatable bonds is 3.